The van der Waals surface area contributed by atoms with Gasteiger partial charge in [0.05, 0.1) is 0 Å². The Bertz CT molecular complexity index is 695. The van der Waals surface area contributed by atoms with Crippen LogP contribution in [0.4, 0.5) is 4.79 Å². The van der Waals surface area contributed by atoms with Gasteiger partial charge in [0, 0.05) is 75.7 Å². The van der Waals surface area contributed by atoms with Crippen molar-refractivity contribution in [3.05, 3.63) is 36.4 Å². The highest BCUT2D eigenvalue weighted by atomic mass is 16.5. The maximum absolute atomic E-state index is 12.0. The first-order chi connectivity index (χ1) is 12.2. The van der Waals surface area contributed by atoms with Gasteiger partial charge in [0.15, 0.2) is 0 Å². The molecule has 1 aliphatic heterocycles. The molecule has 3 heterocycles. The Labute approximate surface area is 148 Å². The van der Waals surface area contributed by atoms with E-state index in [-0.39, 0.29) is 6.03 Å². The number of aryl methyl sites for hydroxylation is 1. The van der Waals surface area contributed by atoms with Gasteiger partial charge >= 0.3 is 6.03 Å². The molecule has 1 N–H and O–H groups in total. The lowest BCUT2D eigenvalue weighted by atomic mass is 10.0. The van der Waals surface area contributed by atoms with Gasteiger partial charge in [-0.1, -0.05) is 0 Å². The van der Waals surface area contributed by atoms with E-state index < -0.39 is 0 Å². The second-order valence-electron chi connectivity index (χ2n) is 6.42. The fourth-order valence-corrected chi connectivity index (χ4v) is 3.06. The highest BCUT2D eigenvalue weighted by Gasteiger charge is 2.31. The Morgan fingerprint density at radius 3 is 2.84 bits per heavy atom. The number of ether oxygens (including phenoxy) is 1. The number of imidazole rings is 1. The normalized spacial score (nSPS) is 14.4. The predicted octanol–water partition coefficient (Wildman–Crippen LogP) is 1.93. The molecule has 0 atom stereocenters. The van der Waals surface area contributed by atoms with Gasteiger partial charge in [0.2, 0.25) is 0 Å². The Hall–Kier alpha value is -2.41. The summed E-state index contributed by atoms with van der Waals surface area (Å²) in [4.78, 5) is 22.5. The number of carbonyl (C=O) groups is 1. The second kappa shape index (κ2) is 8.11. The minimum Gasteiger partial charge on any atom is -0.385 e. The largest absolute Gasteiger partial charge is 0.385 e. The number of nitrogens with zero attached hydrogens (tertiary/aromatic N) is 4. The van der Waals surface area contributed by atoms with Crippen LogP contribution in [0.3, 0.4) is 0 Å². The van der Waals surface area contributed by atoms with Crippen LogP contribution in [0, 0.1) is 12.8 Å². The molecule has 3 rings (SSSR count). The van der Waals surface area contributed by atoms with Crippen molar-refractivity contribution < 1.29 is 9.53 Å². The van der Waals surface area contributed by atoms with Crippen LogP contribution in [0.1, 0.15) is 12.1 Å². The SMILES string of the molecule is COCCCNC(=O)N1CC(Cn2c(C)cnc2-c2ccncc2)C1. The third kappa shape index (κ3) is 4.17. The number of amides is 2. The van der Waals surface area contributed by atoms with E-state index in [4.69, 9.17) is 4.74 Å². The van der Waals surface area contributed by atoms with Gasteiger partial charge in [0.1, 0.15) is 5.82 Å². The summed E-state index contributed by atoms with van der Waals surface area (Å²) in [5.74, 6) is 1.42. The smallest absolute Gasteiger partial charge is 0.317 e. The molecule has 7 heteroatoms. The molecule has 2 amide bonds. The van der Waals surface area contributed by atoms with Crippen molar-refractivity contribution in [3.8, 4) is 11.4 Å². The Morgan fingerprint density at radius 2 is 2.12 bits per heavy atom. The summed E-state index contributed by atoms with van der Waals surface area (Å²) >= 11 is 0. The van der Waals surface area contributed by atoms with E-state index in [1.54, 1.807) is 19.5 Å². The molecule has 25 heavy (non-hydrogen) atoms. The molecular formula is C18H25N5O2. The third-order valence-corrected chi connectivity index (χ3v) is 4.48. The zero-order valence-electron chi connectivity index (χ0n) is 14.8. The van der Waals surface area contributed by atoms with Crippen LogP contribution in [0.25, 0.3) is 11.4 Å². The van der Waals surface area contributed by atoms with E-state index in [1.165, 1.54) is 0 Å². The third-order valence-electron chi connectivity index (χ3n) is 4.48. The molecule has 1 aliphatic rings. The number of hydrogen-bond acceptors (Lipinski definition) is 4. The number of hydrogen-bond donors (Lipinski definition) is 1. The van der Waals surface area contributed by atoms with Crippen molar-refractivity contribution in [1.29, 1.82) is 0 Å². The summed E-state index contributed by atoms with van der Waals surface area (Å²) in [6.07, 6.45) is 6.29. The number of likely N-dealkylation sites (tertiary alicyclic amines) is 1. The lowest BCUT2D eigenvalue weighted by molar-refractivity contribution is 0.110. The summed E-state index contributed by atoms with van der Waals surface area (Å²) in [6, 6.07) is 3.96. The number of urea groups is 1. The van der Waals surface area contributed by atoms with Crippen LogP contribution in [0.15, 0.2) is 30.7 Å². The monoisotopic (exact) mass is 343 g/mol. The zero-order chi connectivity index (χ0) is 17.6. The van der Waals surface area contributed by atoms with Crippen molar-refractivity contribution in [3.63, 3.8) is 0 Å². The number of methoxy groups -OCH3 is 1. The van der Waals surface area contributed by atoms with Crippen molar-refractivity contribution in [2.45, 2.75) is 19.9 Å². The van der Waals surface area contributed by atoms with Gasteiger partial charge in [-0.3, -0.25) is 4.98 Å². The average molecular weight is 343 g/mol. The van der Waals surface area contributed by atoms with Crippen LogP contribution in [0.2, 0.25) is 0 Å². The highest BCUT2D eigenvalue weighted by Crippen LogP contribution is 2.24. The average Bonchev–Trinajstić information content (AvgIpc) is 2.96. The molecule has 0 aliphatic carbocycles. The molecular weight excluding hydrogens is 318 g/mol. The summed E-state index contributed by atoms with van der Waals surface area (Å²) in [6.45, 7) is 5.82. The molecule has 2 aromatic rings. The number of carbonyl (C=O) groups excluding carboxylic acids is 1. The Morgan fingerprint density at radius 1 is 1.36 bits per heavy atom. The molecule has 1 saturated heterocycles. The van der Waals surface area contributed by atoms with Crippen LogP contribution in [0.5, 0.6) is 0 Å². The zero-order valence-corrected chi connectivity index (χ0v) is 14.8. The van der Waals surface area contributed by atoms with E-state index in [9.17, 15) is 4.79 Å². The Balaban J connectivity index is 1.52. The molecule has 0 radical (unpaired) electrons. The maximum atomic E-state index is 12.0. The van der Waals surface area contributed by atoms with Gasteiger partial charge in [-0.2, -0.15) is 0 Å². The molecule has 0 unspecified atom stereocenters. The predicted molar refractivity (Wildman–Crippen MR) is 95.1 cm³/mol. The van der Waals surface area contributed by atoms with E-state index >= 15 is 0 Å². The standard InChI is InChI=1S/C18H25N5O2/c1-14-10-21-17(16-4-7-19-8-5-16)23(14)13-15-11-22(12-15)18(24)20-6-3-9-25-2/h4-5,7-8,10,15H,3,6,9,11-13H2,1-2H3,(H,20,24). The molecule has 0 aromatic carbocycles. The Kier molecular flexibility index (Phi) is 5.65. The van der Waals surface area contributed by atoms with Crippen LogP contribution >= 0.6 is 0 Å². The van der Waals surface area contributed by atoms with Crippen molar-refractivity contribution in [2.75, 3.05) is 33.4 Å². The van der Waals surface area contributed by atoms with Gasteiger partial charge in [-0.05, 0) is 25.5 Å². The van der Waals surface area contributed by atoms with Crippen molar-refractivity contribution >= 4 is 6.03 Å². The molecule has 1 fully saturated rings. The minimum atomic E-state index is 0.0177. The van der Waals surface area contributed by atoms with Crippen molar-refractivity contribution in [2.24, 2.45) is 5.92 Å². The quantitative estimate of drug-likeness (QED) is 0.780. The highest BCUT2D eigenvalue weighted by molar-refractivity contribution is 5.75. The first-order valence-corrected chi connectivity index (χ1v) is 8.63. The minimum absolute atomic E-state index is 0.0177. The van der Waals surface area contributed by atoms with Gasteiger partial charge in [-0.25, -0.2) is 9.78 Å². The summed E-state index contributed by atoms with van der Waals surface area (Å²) < 4.78 is 7.21. The van der Waals surface area contributed by atoms with Crippen LogP contribution in [-0.4, -0.2) is 58.8 Å². The van der Waals surface area contributed by atoms with E-state index in [0.29, 0.717) is 19.1 Å². The van der Waals surface area contributed by atoms with E-state index in [2.05, 4.69) is 26.8 Å². The van der Waals surface area contributed by atoms with E-state index in [1.807, 2.05) is 23.2 Å². The molecule has 7 nitrogen and oxygen atoms in total. The maximum Gasteiger partial charge on any atom is 0.317 e. The molecule has 0 bridgehead atoms. The number of nitrogens with one attached hydrogen (secondary N) is 1. The fourth-order valence-electron chi connectivity index (χ4n) is 3.06. The number of pyridine rings is 1. The first kappa shape index (κ1) is 17.4. The molecule has 134 valence electrons. The summed E-state index contributed by atoms with van der Waals surface area (Å²) in [5, 5.41) is 2.93. The lowest BCUT2D eigenvalue weighted by Crippen LogP contribution is -2.55. The van der Waals surface area contributed by atoms with Crippen molar-refractivity contribution in [1.82, 2.24) is 24.8 Å². The lowest BCUT2D eigenvalue weighted by Gasteiger charge is -2.39. The molecule has 2 aromatic heterocycles. The second-order valence-corrected chi connectivity index (χ2v) is 6.42. The first-order valence-electron chi connectivity index (χ1n) is 8.63. The topological polar surface area (TPSA) is 72.3 Å². The summed E-state index contributed by atoms with van der Waals surface area (Å²) in [7, 11) is 1.67. The van der Waals surface area contributed by atoms with Crippen LogP contribution in [-0.2, 0) is 11.3 Å². The van der Waals surface area contributed by atoms with Gasteiger partial charge < -0.3 is 19.5 Å². The fraction of sp³-hybridized carbons (Fsp3) is 0.500. The van der Waals surface area contributed by atoms with Gasteiger partial charge in [-0.15, -0.1) is 0 Å². The molecule has 0 spiro atoms. The van der Waals surface area contributed by atoms with Crippen LogP contribution < -0.4 is 5.32 Å². The number of aromatic nitrogens is 3. The van der Waals surface area contributed by atoms with Gasteiger partial charge in [0.25, 0.3) is 0 Å². The number of rotatable bonds is 7. The molecule has 0 saturated carbocycles. The summed E-state index contributed by atoms with van der Waals surface area (Å²) in [5.41, 5.74) is 2.20. The van der Waals surface area contributed by atoms with E-state index in [0.717, 1.165) is 43.1 Å².